The summed E-state index contributed by atoms with van der Waals surface area (Å²) in [7, 11) is -1.27. The zero-order valence-electron chi connectivity index (χ0n) is 23.9. The van der Waals surface area contributed by atoms with Gasteiger partial charge in [-0.25, -0.2) is 4.98 Å². The molecule has 1 saturated carbocycles. The maximum atomic E-state index is 14.0. The summed E-state index contributed by atoms with van der Waals surface area (Å²) in [4.78, 5) is 16.2. The summed E-state index contributed by atoms with van der Waals surface area (Å²) in [5.41, 5.74) is 4.09. The maximum absolute atomic E-state index is 14.0. The summed E-state index contributed by atoms with van der Waals surface area (Å²) in [6.07, 6.45) is 6.86. The number of carboxylic acids is 1. The van der Waals surface area contributed by atoms with Crippen LogP contribution < -0.4 is 0 Å². The summed E-state index contributed by atoms with van der Waals surface area (Å²) in [5, 5.41) is 21.6. The fraction of sp³-hybridized carbons (Fsp3) is 0.314. The average molecular weight is 602 g/mol. The van der Waals surface area contributed by atoms with Crippen molar-refractivity contribution in [2.24, 2.45) is 5.41 Å². The van der Waals surface area contributed by atoms with E-state index in [1.807, 2.05) is 84.9 Å². The number of benzene rings is 3. The molecule has 0 radical (unpaired) electrons. The van der Waals surface area contributed by atoms with Crippen LogP contribution in [0.2, 0.25) is 5.02 Å². The highest BCUT2D eigenvalue weighted by molar-refractivity contribution is 7.85. The lowest BCUT2D eigenvalue weighted by Crippen LogP contribution is -2.22. The zero-order valence-corrected chi connectivity index (χ0v) is 25.5. The van der Waals surface area contributed by atoms with Crippen molar-refractivity contribution in [2.75, 3.05) is 5.75 Å². The third kappa shape index (κ3) is 7.54. The summed E-state index contributed by atoms with van der Waals surface area (Å²) >= 11 is 6.16. The van der Waals surface area contributed by atoms with Gasteiger partial charge in [-0.15, -0.1) is 0 Å². The van der Waals surface area contributed by atoms with Gasteiger partial charge in [0.25, 0.3) is 0 Å². The summed E-state index contributed by atoms with van der Waals surface area (Å²) < 4.78 is 14.0. The molecule has 0 saturated heterocycles. The van der Waals surface area contributed by atoms with Crippen molar-refractivity contribution in [3.05, 3.63) is 112 Å². The molecule has 218 valence electrons. The molecule has 1 aliphatic carbocycles. The highest BCUT2D eigenvalue weighted by Crippen LogP contribution is 2.50. The van der Waals surface area contributed by atoms with Gasteiger partial charge < -0.3 is 10.2 Å². The predicted octanol–water partition coefficient (Wildman–Crippen LogP) is 7.96. The van der Waals surface area contributed by atoms with Crippen LogP contribution in [0.25, 0.3) is 23.1 Å². The fourth-order valence-electron chi connectivity index (χ4n) is 5.59. The lowest BCUT2D eigenvalue weighted by molar-refractivity contribution is -0.138. The van der Waals surface area contributed by atoms with Crippen LogP contribution in [0.5, 0.6) is 0 Å². The molecular formula is C35H36ClNO4S. The van der Waals surface area contributed by atoms with Crippen molar-refractivity contribution < 1.29 is 19.2 Å². The van der Waals surface area contributed by atoms with Crippen LogP contribution in [0.4, 0.5) is 0 Å². The van der Waals surface area contributed by atoms with E-state index in [1.165, 1.54) is 0 Å². The molecule has 2 N–H and O–H groups in total. The van der Waals surface area contributed by atoms with E-state index in [0.717, 1.165) is 51.7 Å². The van der Waals surface area contributed by atoms with E-state index < -0.39 is 22.4 Å². The molecule has 1 aromatic heterocycles. The molecule has 42 heavy (non-hydrogen) atoms. The number of carbonyl (C=O) groups is 1. The van der Waals surface area contributed by atoms with E-state index >= 15 is 0 Å². The Morgan fingerprint density at radius 1 is 1.05 bits per heavy atom. The smallest absolute Gasteiger partial charge is 0.303 e. The molecule has 2 unspecified atom stereocenters. The predicted molar refractivity (Wildman–Crippen MR) is 172 cm³/mol. The number of aliphatic carboxylic acids is 1. The van der Waals surface area contributed by atoms with Crippen LogP contribution >= 0.6 is 11.6 Å². The number of aromatic nitrogens is 1. The van der Waals surface area contributed by atoms with Crippen LogP contribution in [-0.2, 0) is 27.6 Å². The van der Waals surface area contributed by atoms with Crippen molar-refractivity contribution >= 4 is 51.4 Å². The number of aliphatic hydroxyl groups is 1. The van der Waals surface area contributed by atoms with E-state index in [1.54, 1.807) is 13.8 Å². The van der Waals surface area contributed by atoms with Gasteiger partial charge in [-0.2, -0.15) is 0 Å². The lowest BCUT2D eigenvalue weighted by atomic mass is 9.90. The number of carboxylic acid groups (broad SMARTS) is 1. The van der Waals surface area contributed by atoms with Crippen LogP contribution in [-0.4, -0.2) is 31.1 Å². The maximum Gasteiger partial charge on any atom is 0.303 e. The standard InChI is InChI=1S/C35H36ClNO4S/c1-34(2,40)30-9-4-3-7-25(30)13-17-32(42(41)23-35(18-19-35)22-33(38)39)27-8-5-6-24(20-27)10-15-29-16-12-26-11-14-28(36)21-31(26)37-29/h3-12,14-16,20-21,32,40H,13,17-19,22-23H2,1-2H3,(H,38,39). The minimum Gasteiger partial charge on any atom is -0.481 e. The minimum atomic E-state index is -1.27. The Morgan fingerprint density at radius 3 is 2.55 bits per heavy atom. The van der Waals surface area contributed by atoms with E-state index in [2.05, 4.69) is 6.07 Å². The molecule has 2 atom stereocenters. The van der Waals surface area contributed by atoms with Gasteiger partial charge in [-0.05, 0) is 91.5 Å². The monoisotopic (exact) mass is 601 g/mol. The molecule has 7 heteroatoms. The van der Waals surface area contributed by atoms with Crippen molar-refractivity contribution in [2.45, 2.75) is 56.8 Å². The van der Waals surface area contributed by atoms with Gasteiger partial charge in [0, 0.05) is 27.0 Å². The second-order valence-electron chi connectivity index (χ2n) is 11.9. The Balaban J connectivity index is 1.41. The number of hydrogen-bond acceptors (Lipinski definition) is 4. The number of hydrogen-bond donors (Lipinski definition) is 2. The molecule has 5 rings (SSSR count). The first kappa shape index (κ1) is 30.1. The molecule has 5 nitrogen and oxygen atoms in total. The Bertz CT molecular complexity index is 1650. The molecular weight excluding hydrogens is 566 g/mol. The van der Waals surface area contributed by atoms with Crippen molar-refractivity contribution in [3.8, 4) is 0 Å². The molecule has 0 amide bonds. The van der Waals surface area contributed by atoms with E-state index in [0.29, 0.717) is 23.6 Å². The van der Waals surface area contributed by atoms with Crippen LogP contribution in [0.15, 0.2) is 78.9 Å². The van der Waals surface area contributed by atoms with Gasteiger partial charge in [0.1, 0.15) is 0 Å². The van der Waals surface area contributed by atoms with Crippen LogP contribution in [0.3, 0.4) is 0 Å². The molecule has 1 heterocycles. The van der Waals surface area contributed by atoms with E-state index in [4.69, 9.17) is 16.6 Å². The Hall–Kier alpha value is -3.32. The third-order valence-corrected chi connectivity index (χ3v) is 10.3. The zero-order chi connectivity index (χ0) is 29.9. The summed E-state index contributed by atoms with van der Waals surface area (Å²) in [6.45, 7) is 3.55. The fourth-order valence-corrected chi connectivity index (χ4v) is 7.78. The number of halogens is 1. The van der Waals surface area contributed by atoms with Gasteiger partial charge in [0.15, 0.2) is 0 Å². The second kappa shape index (κ2) is 12.5. The Labute approximate surface area is 254 Å². The number of aryl methyl sites for hydroxylation is 1. The number of nitrogens with zero attached hydrogens (tertiary/aromatic N) is 1. The van der Waals surface area contributed by atoms with Crippen LogP contribution in [0, 0.1) is 5.41 Å². The van der Waals surface area contributed by atoms with Crippen LogP contribution in [0.1, 0.15) is 72.7 Å². The van der Waals surface area contributed by atoms with Gasteiger partial charge in [-0.3, -0.25) is 9.00 Å². The van der Waals surface area contributed by atoms with Gasteiger partial charge >= 0.3 is 5.97 Å². The molecule has 0 spiro atoms. The molecule has 1 aliphatic rings. The average Bonchev–Trinajstić information content (AvgIpc) is 3.69. The third-order valence-electron chi connectivity index (χ3n) is 8.01. The number of rotatable bonds is 12. The van der Waals surface area contributed by atoms with Gasteiger partial charge in [0.05, 0.1) is 28.5 Å². The highest BCUT2D eigenvalue weighted by atomic mass is 35.5. The van der Waals surface area contributed by atoms with Crippen molar-refractivity contribution in [1.82, 2.24) is 4.98 Å². The minimum absolute atomic E-state index is 0.0553. The molecule has 1 fully saturated rings. The van der Waals surface area contributed by atoms with Gasteiger partial charge in [0.2, 0.25) is 0 Å². The largest absolute Gasteiger partial charge is 0.481 e. The Morgan fingerprint density at radius 2 is 1.81 bits per heavy atom. The summed E-state index contributed by atoms with van der Waals surface area (Å²) in [5.74, 6) is -0.461. The first-order valence-corrected chi connectivity index (χ1v) is 16.0. The first-order valence-electron chi connectivity index (χ1n) is 14.3. The molecule has 0 aliphatic heterocycles. The topological polar surface area (TPSA) is 87.5 Å². The van der Waals surface area contributed by atoms with Crippen molar-refractivity contribution in [1.29, 1.82) is 0 Å². The molecule has 0 bridgehead atoms. The van der Waals surface area contributed by atoms with Gasteiger partial charge in [-0.1, -0.05) is 78.3 Å². The summed E-state index contributed by atoms with van der Waals surface area (Å²) in [6, 6.07) is 25.5. The highest BCUT2D eigenvalue weighted by Gasteiger charge is 2.46. The Kier molecular flexibility index (Phi) is 8.97. The van der Waals surface area contributed by atoms with E-state index in [-0.39, 0.29) is 17.1 Å². The normalized spacial score (nSPS) is 16.0. The second-order valence-corrected chi connectivity index (χ2v) is 14.0. The quantitative estimate of drug-likeness (QED) is 0.172. The first-order chi connectivity index (χ1) is 20.0. The molecule has 3 aromatic carbocycles. The number of fused-ring (bicyclic) bond motifs is 1. The SMILES string of the molecule is CC(C)(O)c1ccccc1CCC(c1cccc(C=Cc2ccc3ccc(Cl)cc3n2)c1)S(=O)CC1(CC(=O)O)CC1. The number of pyridine rings is 1. The molecule has 4 aromatic rings. The lowest BCUT2D eigenvalue weighted by Gasteiger charge is -2.24. The van der Waals surface area contributed by atoms with E-state index in [9.17, 15) is 19.2 Å². The van der Waals surface area contributed by atoms with Crippen molar-refractivity contribution in [3.63, 3.8) is 0 Å².